The normalized spacial score (nSPS) is 13.9. The van der Waals surface area contributed by atoms with Gasteiger partial charge in [-0.2, -0.15) is 0 Å². The molecule has 0 bridgehead atoms. The number of benzene rings is 1. The third-order valence-electron chi connectivity index (χ3n) is 3.50. The molecule has 0 aliphatic rings. The highest BCUT2D eigenvalue weighted by Crippen LogP contribution is 2.16. The van der Waals surface area contributed by atoms with Crippen LogP contribution in [0.15, 0.2) is 29.2 Å². The van der Waals surface area contributed by atoms with Crippen LogP contribution in [0.2, 0.25) is 0 Å². The molecular formula is C15H24N2OS. The lowest BCUT2D eigenvalue weighted by atomic mass is 9.99. The Morgan fingerprint density at radius 3 is 2.42 bits per heavy atom. The highest BCUT2D eigenvalue weighted by atomic mass is 32.2. The van der Waals surface area contributed by atoms with Gasteiger partial charge in [-0.1, -0.05) is 32.4 Å². The lowest BCUT2D eigenvalue weighted by Gasteiger charge is -2.24. The van der Waals surface area contributed by atoms with Crippen LogP contribution < -0.4 is 5.73 Å². The summed E-state index contributed by atoms with van der Waals surface area (Å²) in [5.74, 6) is 0.233. The smallest absolute Gasteiger partial charge is 0.239 e. The maximum Gasteiger partial charge on any atom is 0.239 e. The Kier molecular flexibility index (Phi) is 6.38. The first-order chi connectivity index (χ1) is 8.99. The number of carbonyl (C=O) groups is 1. The predicted octanol–water partition coefficient (Wildman–Crippen LogP) is 2.74. The number of hydrogen-bond acceptors (Lipinski definition) is 3. The second-order valence-electron chi connectivity index (χ2n) is 4.95. The van der Waals surface area contributed by atoms with E-state index in [9.17, 15) is 4.79 Å². The van der Waals surface area contributed by atoms with E-state index in [0.717, 1.165) is 12.0 Å². The van der Waals surface area contributed by atoms with Gasteiger partial charge in [0.25, 0.3) is 0 Å². The molecule has 0 fully saturated rings. The Labute approximate surface area is 120 Å². The molecule has 1 aromatic carbocycles. The van der Waals surface area contributed by atoms with E-state index in [1.807, 2.05) is 14.0 Å². The van der Waals surface area contributed by atoms with E-state index in [0.29, 0.717) is 6.54 Å². The zero-order chi connectivity index (χ0) is 14.4. The summed E-state index contributed by atoms with van der Waals surface area (Å²) >= 11 is 1.71. The molecule has 2 N–H and O–H groups in total. The number of amides is 1. The molecule has 0 aliphatic carbocycles. The maximum absolute atomic E-state index is 12.2. The average molecular weight is 280 g/mol. The van der Waals surface area contributed by atoms with Gasteiger partial charge in [-0.15, -0.1) is 11.8 Å². The van der Waals surface area contributed by atoms with Crippen LogP contribution in [0.1, 0.15) is 25.8 Å². The van der Waals surface area contributed by atoms with Crippen molar-refractivity contribution in [2.45, 2.75) is 37.8 Å². The van der Waals surface area contributed by atoms with Gasteiger partial charge in [0, 0.05) is 18.5 Å². The van der Waals surface area contributed by atoms with Gasteiger partial charge in [0.1, 0.15) is 0 Å². The molecule has 4 heteroatoms. The van der Waals surface area contributed by atoms with Crippen molar-refractivity contribution in [3.8, 4) is 0 Å². The van der Waals surface area contributed by atoms with Crippen LogP contribution in [-0.4, -0.2) is 30.2 Å². The number of hydrogen-bond donors (Lipinski definition) is 1. The Morgan fingerprint density at radius 1 is 1.37 bits per heavy atom. The Balaban J connectivity index is 2.62. The fraction of sp³-hybridized carbons (Fsp3) is 0.533. The standard InChI is InChI=1S/C15H24N2OS/c1-5-11(2)14(16)15(18)17(3)10-12-6-8-13(19-4)9-7-12/h6-9,11,14H,5,10,16H2,1-4H3. The quantitative estimate of drug-likeness (QED) is 0.815. The first-order valence-corrected chi connectivity index (χ1v) is 7.85. The van der Waals surface area contributed by atoms with Crippen molar-refractivity contribution >= 4 is 17.7 Å². The molecule has 1 rings (SSSR count). The fourth-order valence-electron chi connectivity index (χ4n) is 1.83. The summed E-state index contributed by atoms with van der Waals surface area (Å²) in [7, 11) is 1.81. The summed E-state index contributed by atoms with van der Waals surface area (Å²) in [5, 5.41) is 0. The number of thioether (sulfide) groups is 1. The van der Waals surface area contributed by atoms with E-state index in [1.54, 1.807) is 16.7 Å². The third-order valence-corrected chi connectivity index (χ3v) is 4.24. The number of carbonyl (C=O) groups excluding carboxylic acids is 1. The lowest BCUT2D eigenvalue weighted by molar-refractivity contribution is -0.132. The van der Waals surface area contributed by atoms with Crippen LogP contribution in [0.4, 0.5) is 0 Å². The molecular weight excluding hydrogens is 256 g/mol. The van der Waals surface area contributed by atoms with Crippen LogP contribution in [0.25, 0.3) is 0 Å². The Bertz CT molecular complexity index is 405. The van der Waals surface area contributed by atoms with E-state index in [4.69, 9.17) is 5.73 Å². The Morgan fingerprint density at radius 2 is 1.95 bits per heavy atom. The minimum absolute atomic E-state index is 0.0169. The molecule has 19 heavy (non-hydrogen) atoms. The van der Waals surface area contributed by atoms with Crippen molar-refractivity contribution in [3.05, 3.63) is 29.8 Å². The first kappa shape index (κ1) is 16.1. The van der Waals surface area contributed by atoms with E-state index in [-0.39, 0.29) is 11.8 Å². The number of nitrogens with zero attached hydrogens (tertiary/aromatic N) is 1. The lowest BCUT2D eigenvalue weighted by Crippen LogP contribution is -2.45. The minimum atomic E-state index is -0.402. The molecule has 106 valence electrons. The highest BCUT2D eigenvalue weighted by molar-refractivity contribution is 7.98. The van der Waals surface area contributed by atoms with Gasteiger partial charge in [-0.05, 0) is 29.9 Å². The van der Waals surface area contributed by atoms with Crippen molar-refractivity contribution in [3.63, 3.8) is 0 Å². The molecule has 0 radical (unpaired) electrons. The summed E-state index contributed by atoms with van der Waals surface area (Å²) in [4.78, 5) is 15.1. The molecule has 0 aliphatic heterocycles. The van der Waals surface area contributed by atoms with E-state index in [1.165, 1.54) is 4.90 Å². The molecule has 0 aromatic heterocycles. The third kappa shape index (κ3) is 4.55. The molecule has 2 unspecified atom stereocenters. The van der Waals surface area contributed by atoms with Crippen molar-refractivity contribution < 1.29 is 4.79 Å². The van der Waals surface area contributed by atoms with Crippen LogP contribution in [0, 0.1) is 5.92 Å². The predicted molar refractivity (Wildman–Crippen MR) is 82.1 cm³/mol. The molecule has 0 heterocycles. The monoisotopic (exact) mass is 280 g/mol. The van der Waals surface area contributed by atoms with Gasteiger partial charge in [-0.25, -0.2) is 0 Å². The van der Waals surface area contributed by atoms with Gasteiger partial charge in [0.05, 0.1) is 6.04 Å². The second-order valence-corrected chi connectivity index (χ2v) is 5.83. The van der Waals surface area contributed by atoms with E-state index >= 15 is 0 Å². The van der Waals surface area contributed by atoms with Crippen molar-refractivity contribution in [2.24, 2.45) is 11.7 Å². The van der Waals surface area contributed by atoms with Crippen molar-refractivity contribution in [1.82, 2.24) is 4.90 Å². The zero-order valence-corrected chi connectivity index (χ0v) is 13.0. The molecule has 0 spiro atoms. The molecule has 1 amide bonds. The summed E-state index contributed by atoms with van der Waals surface area (Å²) < 4.78 is 0. The van der Waals surface area contributed by atoms with Gasteiger partial charge in [0.15, 0.2) is 0 Å². The summed E-state index contributed by atoms with van der Waals surface area (Å²) in [6, 6.07) is 7.87. The zero-order valence-electron chi connectivity index (χ0n) is 12.2. The molecule has 1 aromatic rings. The number of rotatable bonds is 6. The van der Waals surface area contributed by atoms with Crippen LogP contribution >= 0.6 is 11.8 Å². The summed E-state index contributed by atoms with van der Waals surface area (Å²) in [6.45, 7) is 4.68. The van der Waals surface area contributed by atoms with Gasteiger partial charge < -0.3 is 10.6 Å². The molecule has 0 saturated heterocycles. The average Bonchev–Trinajstić information content (AvgIpc) is 2.45. The largest absolute Gasteiger partial charge is 0.340 e. The first-order valence-electron chi connectivity index (χ1n) is 6.63. The van der Waals surface area contributed by atoms with Gasteiger partial charge in [0.2, 0.25) is 5.91 Å². The topological polar surface area (TPSA) is 46.3 Å². The Hall–Kier alpha value is -1.00. The van der Waals surface area contributed by atoms with Gasteiger partial charge in [-0.3, -0.25) is 4.79 Å². The SMILES string of the molecule is CCC(C)C(N)C(=O)N(C)Cc1ccc(SC)cc1. The van der Waals surface area contributed by atoms with Crippen LogP contribution in [0.5, 0.6) is 0 Å². The van der Waals surface area contributed by atoms with Crippen molar-refractivity contribution in [2.75, 3.05) is 13.3 Å². The summed E-state index contributed by atoms with van der Waals surface area (Å²) in [6.07, 6.45) is 2.97. The number of nitrogens with two attached hydrogens (primary N) is 1. The maximum atomic E-state index is 12.2. The van der Waals surface area contributed by atoms with Crippen LogP contribution in [-0.2, 0) is 11.3 Å². The molecule has 2 atom stereocenters. The molecule has 3 nitrogen and oxygen atoms in total. The van der Waals surface area contributed by atoms with E-state index < -0.39 is 6.04 Å². The summed E-state index contributed by atoms with van der Waals surface area (Å²) in [5.41, 5.74) is 7.11. The van der Waals surface area contributed by atoms with E-state index in [2.05, 4.69) is 37.4 Å². The second kappa shape index (κ2) is 7.56. The minimum Gasteiger partial charge on any atom is -0.340 e. The van der Waals surface area contributed by atoms with Gasteiger partial charge >= 0.3 is 0 Å². The highest BCUT2D eigenvalue weighted by Gasteiger charge is 2.22. The fourth-order valence-corrected chi connectivity index (χ4v) is 2.24. The molecule has 0 saturated carbocycles. The number of likely N-dealkylation sites (N-methyl/N-ethyl adjacent to an activating group) is 1. The van der Waals surface area contributed by atoms with Crippen molar-refractivity contribution in [1.29, 1.82) is 0 Å². The van der Waals surface area contributed by atoms with Crippen LogP contribution in [0.3, 0.4) is 0 Å².